The monoisotopic (exact) mass is 281 g/mol. The van der Waals surface area contributed by atoms with Gasteiger partial charge in [0, 0.05) is 13.0 Å². The van der Waals surface area contributed by atoms with Crippen molar-refractivity contribution in [2.45, 2.75) is 65.8 Å². The van der Waals surface area contributed by atoms with Crippen molar-refractivity contribution < 1.29 is 14.7 Å². The molecule has 2 bridgehead atoms. The van der Waals surface area contributed by atoms with Crippen molar-refractivity contribution >= 4 is 11.9 Å². The van der Waals surface area contributed by atoms with Gasteiger partial charge in [0.1, 0.15) is 0 Å². The zero-order chi connectivity index (χ0) is 15.1. The molecule has 4 nitrogen and oxygen atoms in total. The van der Waals surface area contributed by atoms with Crippen LogP contribution in [-0.2, 0) is 9.59 Å². The lowest BCUT2D eigenvalue weighted by Gasteiger charge is -2.54. The van der Waals surface area contributed by atoms with Crippen molar-refractivity contribution in [2.24, 2.45) is 22.7 Å². The number of hydrogen-bond donors (Lipinski definition) is 2. The Morgan fingerprint density at radius 3 is 2.50 bits per heavy atom. The Morgan fingerprint density at radius 2 is 1.95 bits per heavy atom. The fraction of sp³-hybridized carbons (Fsp3) is 0.875. The summed E-state index contributed by atoms with van der Waals surface area (Å²) in [6.45, 7) is 7.86. The Morgan fingerprint density at radius 1 is 1.30 bits per heavy atom. The third kappa shape index (κ3) is 2.70. The van der Waals surface area contributed by atoms with Gasteiger partial charge in [0.15, 0.2) is 0 Å². The Kier molecular flexibility index (Phi) is 3.87. The highest BCUT2D eigenvalue weighted by Crippen LogP contribution is 2.58. The second kappa shape index (κ2) is 5.05. The number of carboxylic acid groups (broad SMARTS) is 1. The van der Waals surface area contributed by atoms with Crippen LogP contribution in [0.15, 0.2) is 0 Å². The fourth-order valence-electron chi connectivity index (χ4n) is 4.90. The lowest BCUT2D eigenvalue weighted by atomic mass is 9.51. The summed E-state index contributed by atoms with van der Waals surface area (Å²) in [7, 11) is 0. The van der Waals surface area contributed by atoms with Crippen LogP contribution in [0.2, 0.25) is 0 Å². The van der Waals surface area contributed by atoms with Gasteiger partial charge >= 0.3 is 5.97 Å². The van der Waals surface area contributed by atoms with Gasteiger partial charge in [-0.15, -0.1) is 0 Å². The highest BCUT2D eigenvalue weighted by atomic mass is 16.4. The van der Waals surface area contributed by atoms with Crippen molar-refractivity contribution in [3.8, 4) is 0 Å². The number of carbonyl (C=O) groups is 2. The van der Waals surface area contributed by atoms with Gasteiger partial charge < -0.3 is 10.4 Å². The Bertz CT molecular complexity index is 418. The predicted molar refractivity (Wildman–Crippen MR) is 77.2 cm³/mol. The van der Waals surface area contributed by atoms with E-state index in [4.69, 9.17) is 0 Å². The van der Waals surface area contributed by atoms with Crippen molar-refractivity contribution in [3.63, 3.8) is 0 Å². The molecule has 2 rings (SSSR count). The first-order valence-electron chi connectivity index (χ1n) is 7.67. The molecule has 5 atom stereocenters. The molecule has 0 spiro atoms. The summed E-state index contributed by atoms with van der Waals surface area (Å²) in [6, 6.07) is 0.0231. The van der Waals surface area contributed by atoms with Crippen LogP contribution in [0.1, 0.15) is 59.8 Å². The summed E-state index contributed by atoms with van der Waals surface area (Å²) < 4.78 is 0. The summed E-state index contributed by atoms with van der Waals surface area (Å²) in [5, 5.41) is 12.7. The van der Waals surface area contributed by atoms with E-state index in [1.807, 2.05) is 6.92 Å². The van der Waals surface area contributed by atoms with Crippen LogP contribution in [0.4, 0.5) is 0 Å². The first-order valence-corrected chi connectivity index (χ1v) is 7.67. The minimum atomic E-state index is -0.644. The van der Waals surface area contributed by atoms with Gasteiger partial charge in [-0.25, -0.2) is 0 Å². The number of hydrogen-bond acceptors (Lipinski definition) is 2. The standard InChI is InChI=1S/C16H27NO3/c1-10-5-13-7-15(4,11(2)17-12(3)18)9-16(6-10,8-13)14(19)20/h10-11,13H,5-9H2,1-4H3,(H,17,18)(H,19,20)/t10-,11-,13-,15-,16+/m0/s1. The van der Waals surface area contributed by atoms with Crippen molar-refractivity contribution in [2.75, 3.05) is 0 Å². The molecule has 2 N–H and O–H groups in total. The topological polar surface area (TPSA) is 66.4 Å². The van der Waals surface area contributed by atoms with E-state index in [2.05, 4.69) is 19.2 Å². The fourth-order valence-corrected chi connectivity index (χ4v) is 4.90. The van der Waals surface area contributed by atoms with Crippen LogP contribution >= 0.6 is 0 Å². The molecule has 0 radical (unpaired) electrons. The molecule has 0 unspecified atom stereocenters. The number of fused-ring (bicyclic) bond motifs is 2. The van der Waals surface area contributed by atoms with Crippen LogP contribution < -0.4 is 5.32 Å². The minimum absolute atomic E-state index is 0.0231. The van der Waals surface area contributed by atoms with E-state index < -0.39 is 11.4 Å². The van der Waals surface area contributed by atoms with Crippen LogP contribution in [0.25, 0.3) is 0 Å². The molecule has 0 aromatic heterocycles. The maximum absolute atomic E-state index is 11.9. The van der Waals surface area contributed by atoms with Gasteiger partial charge in [-0.1, -0.05) is 13.8 Å². The predicted octanol–water partition coefficient (Wildman–Crippen LogP) is 2.82. The second-order valence-corrected chi connectivity index (χ2v) is 7.66. The minimum Gasteiger partial charge on any atom is -0.481 e. The third-order valence-corrected chi connectivity index (χ3v) is 5.57. The number of nitrogens with one attached hydrogen (secondary N) is 1. The smallest absolute Gasteiger partial charge is 0.309 e. The van der Waals surface area contributed by atoms with Gasteiger partial charge in [-0.2, -0.15) is 0 Å². The summed E-state index contributed by atoms with van der Waals surface area (Å²) >= 11 is 0. The zero-order valence-electron chi connectivity index (χ0n) is 13.0. The highest BCUT2D eigenvalue weighted by Gasteiger charge is 2.55. The van der Waals surface area contributed by atoms with E-state index in [1.54, 1.807) is 0 Å². The Labute approximate surface area is 121 Å². The quantitative estimate of drug-likeness (QED) is 0.836. The SMILES string of the molecule is CC(=O)N[C@@H](C)[C@@]1(C)C[C@@H]2C[C@H](C)C[C@@](C(=O)O)(C2)C1. The molecule has 2 aliphatic rings. The van der Waals surface area contributed by atoms with E-state index >= 15 is 0 Å². The molecule has 20 heavy (non-hydrogen) atoms. The number of carboxylic acids is 1. The molecule has 4 heteroatoms. The molecule has 1 amide bonds. The Hall–Kier alpha value is -1.06. The van der Waals surface area contributed by atoms with E-state index in [-0.39, 0.29) is 17.4 Å². The number of amides is 1. The molecular formula is C16H27NO3. The molecule has 0 aliphatic heterocycles. The van der Waals surface area contributed by atoms with Gasteiger partial charge in [-0.3, -0.25) is 9.59 Å². The molecule has 0 heterocycles. The van der Waals surface area contributed by atoms with Gasteiger partial charge in [0.2, 0.25) is 5.91 Å². The maximum atomic E-state index is 11.9. The molecule has 2 aliphatic carbocycles. The highest BCUT2D eigenvalue weighted by molar-refractivity contribution is 5.75. The van der Waals surface area contributed by atoms with Gasteiger partial charge in [0.05, 0.1) is 5.41 Å². The third-order valence-electron chi connectivity index (χ3n) is 5.57. The zero-order valence-corrected chi connectivity index (χ0v) is 13.0. The maximum Gasteiger partial charge on any atom is 0.309 e. The summed E-state index contributed by atoms with van der Waals surface area (Å²) in [4.78, 5) is 23.2. The summed E-state index contributed by atoms with van der Waals surface area (Å²) in [5.74, 6) is 0.289. The van der Waals surface area contributed by atoms with Crippen molar-refractivity contribution in [1.29, 1.82) is 0 Å². The number of rotatable bonds is 3. The molecule has 114 valence electrons. The lowest BCUT2D eigenvalue weighted by molar-refractivity contribution is -0.162. The average molecular weight is 281 g/mol. The van der Waals surface area contributed by atoms with E-state index in [9.17, 15) is 14.7 Å². The first kappa shape index (κ1) is 15.3. The molecule has 2 fully saturated rings. The molecule has 0 saturated heterocycles. The number of carbonyl (C=O) groups excluding carboxylic acids is 1. The molecule has 0 aromatic rings. The van der Waals surface area contributed by atoms with Crippen LogP contribution in [0.5, 0.6) is 0 Å². The van der Waals surface area contributed by atoms with E-state index in [0.29, 0.717) is 18.3 Å². The van der Waals surface area contributed by atoms with Gasteiger partial charge in [-0.05, 0) is 56.3 Å². The van der Waals surface area contributed by atoms with Crippen LogP contribution in [0, 0.1) is 22.7 Å². The largest absolute Gasteiger partial charge is 0.481 e. The first-order chi connectivity index (χ1) is 9.17. The average Bonchev–Trinajstić information content (AvgIpc) is 2.25. The normalized spacial score (nSPS) is 41.8. The Balaban J connectivity index is 2.26. The van der Waals surface area contributed by atoms with E-state index in [1.165, 1.54) is 6.92 Å². The second-order valence-electron chi connectivity index (χ2n) is 7.66. The van der Waals surface area contributed by atoms with Crippen LogP contribution in [0.3, 0.4) is 0 Å². The van der Waals surface area contributed by atoms with Crippen LogP contribution in [-0.4, -0.2) is 23.0 Å². The molecule has 2 saturated carbocycles. The lowest BCUT2D eigenvalue weighted by Crippen LogP contribution is -2.54. The summed E-state index contributed by atoms with van der Waals surface area (Å²) in [6.07, 6.45) is 4.42. The van der Waals surface area contributed by atoms with Crippen molar-refractivity contribution in [1.82, 2.24) is 5.32 Å². The molecular weight excluding hydrogens is 254 g/mol. The summed E-state index contributed by atoms with van der Waals surface area (Å²) in [5.41, 5.74) is -0.699. The number of aliphatic carboxylic acids is 1. The van der Waals surface area contributed by atoms with E-state index in [0.717, 1.165) is 25.7 Å². The molecule has 0 aromatic carbocycles. The van der Waals surface area contributed by atoms with Crippen molar-refractivity contribution in [3.05, 3.63) is 0 Å². The van der Waals surface area contributed by atoms with Gasteiger partial charge in [0.25, 0.3) is 0 Å².